The van der Waals surface area contributed by atoms with Crippen LogP contribution >= 0.6 is 0 Å². The normalized spacial score (nSPS) is 12.5. The van der Waals surface area contributed by atoms with Crippen LogP contribution in [0.5, 0.6) is 0 Å². The van der Waals surface area contributed by atoms with E-state index in [0.717, 1.165) is 12.2 Å². The van der Waals surface area contributed by atoms with Crippen molar-refractivity contribution in [2.75, 3.05) is 0 Å². The van der Waals surface area contributed by atoms with Crippen LogP contribution < -0.4 is 5.32 Å². The second-order valence-corrected chi connectivity index (χ2v) is 5.06. The fourth-order valence-corrected chi connectivity index (χ4v) is 2.21. The molecule has 6 nitrogen and oxygen atoms in total. The van der Waals surface area contributed by atoms with Crippen LogP contribution in [0.25, 0.3) is 5.69 Å². The number of nitrogens with one attached hydrogen (secondary N) is 1. The summed E-state index contributed by atoms with van der Waals surface area (Å²) < 4.78 is 3.56. The first-order chi connectivity index (χ1) is 10.2. The van der Waals surface area contributed by atoms with Crippen molar-refractivity contribution in [3.8, 4) is 5.69 Å². The van der Waals surface area contributed by atoms with Crippen molar-refractivity contribution in [1.82, 2.24) is 29.9 Å². The topological polar surface area (TPSA) is 60.6 Å². The van der Waals surface area contributed by atoms with Gasteiger partial charge in [0.15, 0.2) is 0 Å². The highest BCUT2D eigenvalue weighted by Gasteiger charge is 2.06. The van der Waals surface area contributed by atoms with Crippen molar-refractivity contribution >= 4 is 0 Å². The molecule has 0 amide bonds. The predicted molar refractivity (Wildman–Crippen MR) is 79.8 cm³/mol. The summed E-state index contributed by atoms with van der Waals surface area (Å²) in [5.41, 5.74) is 3.43. The van der Waals surface area contributed by atoms with Gasteiger partial charge in [-0.2, -0.15) is 10.2 Å². The molecule has 0 radical (unpaired) electrons. The van der Waals surface area contributed by atoms with Crippen LogP contribution in [0, 0.1) is 0 Å². The Kier molecular flexibility index (Phi) is 3.79. The number of benzene rings is 1. The molecule has 1 unspecified atom stereocenters. The monoisotopic (exact) mass is 282 g/mol. The van der Waals surface area contributed by atoms with E-state index in [0.29, 0.717) is 0 Å². The molecule has 2 heterocycles. The maximum atomic E-state index is 4.17. The maximum absolute atomic E-state index is 4.17. The van der Waals surface area contributed by atoms with Crippen LogP contribution in [-0.4, -0.2) is 24.5 Å². The van der Waals surface area contributed by atoms with Gasteiger partial charge < -0.3 is 5.32 Å². The Balaban J connectivity index is 1.63. The Morgan fingerprint density at radius 3 is 2.62 bits per heavy atom. The zero-order chi connectivity index (χ0) is 14.7. The number of aromatic nitrogens is 5. The van der Waals surface area contributed by atoms with E-state index in [1.807, 2.05) is 36.3 Å². The summed E-state index contributed by atoms with van der Waals surface area (Å²) in [6, 6.07) is 8.59. The van der Waals surface area contributed by atoms with Gasteiger partial charge in [0.05, 0.1) is 11.9 Å². The van der Waals surface area contributed by atoms with Crippen LogP contribution in [0.4, 0.5) is 0 Å². The molecule has 6 heteroatoms. The van der Waals surface area contributed by atoms with E-state index in [-0.39, 0.29) is 6.04 Å². The van der Waals surface area contributed by atoms with Crippen LogP contribution in [0.3, 0.4) is 0 Å². The molecule has 1 aromatic carbocycles. The minimum atomic E-state index is 0.273. The molecule has 21 heavy (non-hydrogen) atoms. The molecule has 1 atom stereocenters. The second kappa shape index (κ2) is 5.88. The van der Waals surface area contributed by atoms with E-state index in [9.17, 15) is 0 Å². The van der Waals surface area contributed by atoms with E-state index in [2.05, 4.69) is 39.6 Å². The van der Waals surface area contributed by atoms with E-state index in [4.69, 9.17) is 0 Å². The molecule has 1 N–H and O–H groups in total. The summed E-state index contributed by atoms with van der Waals surface area (Å²) >= 11 is 0. The highest BCUT2D eigenvalue weighted by molar-refractivity contribution is 5.34. The van der Waals surface area contributed by atoms with Gasteiger partial charge in [-0.15, -0.1) is 0 Å². The van der Waals surface area contributed by atoms with Gasteiger partial charge in [0, 0.05) is 31.4 Å². The van der Waals surface area contributed by atoms with E-state index >= 15 is 0 Å². The predicted octanol–water partition coefficient (Wildman–Crippen LogP) is 1.85. The zero-order valence-electron chi connectivity index (χ0n) is 12.1. The van der Waals surface area contributed by atoms with Crippen molar-refractivity contribution in [2.24, 2.45) is 7.05 Å². The quantitative estimate of drug-likeness (QED) is 0.776. The number of nitrogens with zero attached hydrogens (tertiary/aromatic N) is 5. The highest BCUT2D eigenvalue weighted by Crippen LogP contribution is 2.15. The van der Waals surface area contributed by atoms with Crippen molar-refractivity contribution < 1.29 is 0 Å². The molecule has 0 bridgehead atoms. The first kappa shape index (κ1) is 13.5. The summed E-state index contributed by atoms with van der Waals surface area (Å²) in [6.45, 7) is 2.96. The Bertz CT molecular complexity index is 683. The van der Waals surface area contributed by atoms with Crippen molar-refractivity contribution in [3.63, 3.8) is 0 Å². The smallest absolute Gasteiger partial charge is 0.138 e. The van der Waals surface area contributed by atoms with Gasteiger partial charge in [-0.25, -0.2) is 9.67 Å². The third kappa shape index (κ3) is 3.17. The van der Waals surface area contributed by atoms with Crippen LogP contribution in [-0.2, 0) is 13.6 Å². The molecular formula is C15H18N6. The Morgan fingerprint density at radius 2 is 2.00 bits per heavy atom. The van der Waals surface area contributed by atoms with Crippen molar-refractivity contribution in [2.45, 2.75) is 19.5 Å². The number of rotatable bonds is 5. The minimum Gasteiger partial charge on any atom is -0.306 e. The highest BCUT2D eigenvalue weighted by atomic mass is 15.3. The summed E-state index contributed by atoms with van der Waals surface area (Å²) in [5.74, 6) is 0. The Labute approximate surface area is 123 Å². The average Bonchev–Trinajstić information content (AvgIpc) is 3.16. The van der Waals surface area contributed by atoms with Gasteiger partial charge in [0.2, 0.25) is 0 Å². The van der Waals surface area contributed by atoms with Gasteiger partial charge in [-0.05, 0) is 24.6 Å². The van der Waals surface area contributed by atoms with Gasteiger partial charge in [-0.3, -0.25) is 4.68 Å². The van der Waals surface area contributed by atoms with E-state index < -0.39 is 0 Å². The fraction of sp³-hybridized carbons (Fsp3) is 0.267. The number of hydrogen-bond donors (Lipinski definition) is 1. The third-order valence-electron chi connectivity index (χ3n) is 3.45. The molecular weight excluding hydrogens is 264 g/mol. The van der Waals surface area contributed by atoms with Crippen molar-refractivity contribution in [1.29, 1.82) is 0 Å². The fourth-order valence-electron chi connectivity index (χ4n) is 2.21. The van der Waals surface area contributed by atoms with Gasteiger partial charge in [-0.1, -0.05) is 12.1 Å². The van der Waals surface area contributed by atoms with Crippen LogP contribution in [0.15, 0.2) is 49.3 Å². The van der Waals surface area contributed by atoms with Gasteiger partial charge in [0.1, 0.15) is 12.7 Å². The van der Waals surface area contributed by atoms with Crippen LogP contribution in [0.2, 0.25) is 0 Å². The molecule has 0 aliphatic rings. The summed E-state index contributed by atoms with van der Waals surface area (Å²) in [7, 11) is 1.93. The summed E-state index contributed by atoms with van der Waals surface area (Å²) in [4.78, 5) is 3.95. The summed E-state index contributed by atoms with van der Waals surface area (Å²) in [5, 5.41) is 11.8. The average molecular weight is 282 g/mol. The van der Waals surface area contributed by atoms with E-state index in [1.165, 1.54) is 17.5 Å². The molecule has 0 saturated heterocycles. The van der Waals surface area contributed by atoms with E-state index in [1.54, 1.807) is 11.0 Å². The van der Waals surface area contributed by atoms with Gasteiger partial charge >= 0.3 is 0 Å². The SMILES string of the molecule is CC(NCc1cnn(C)c1)c1ccc(-n2cncn2)cc1. The maximum Gasteiger partial charge on any atom is 0.138 e. The lowest BCUT2D eigenvalue weighted by atomic mass is 10.1. The largest absolute Gasteiger partial charge is 0.306 e. The molecule has 0 aliphatic heterocycles. The molecule has 0 aliphatic carbocycles. The molecule has 108 valence electrons. The van der Waals surface area contributed by atoms with Gasteiger partial charge in [0.25, 0.3) is 0 Å². The van der Waals surface area contributed by atoms with Crippen molar-refractivity contribution in [3.05, 3.63) is 60.4 Å². The first-order valence-electron chi connectivity index (χ1n) is 6.88. The zero-order valence-corrected chi connectivity index (χ0v) is 12.1. The minimum absolute atomic E-state index is 0.273. The molecule has 0 saturated carbocycles. The Morgan fingerprint density at radius 1 is 1.19 bits per heavy atom. The lowest BCUT2D eigenvalue weighted by Crippen LogP contribution is -2.17. The first-order valence-corrected chi connectivity index (χ1v) is 6.88. The molecule has 0 fully saturated rings. The van der Waals surface area contributed by atoms with Crippen LogP contribution in [0.1, 0.15) is 24.1 Å². The number of aryl methyl sites for hydroxylation is 1. The molecule has 3 rings (SSSR count). The lowest BCUT2D eigenvalue weighted by molar-refractivity contribution is 0.574. The molecule has 2 aromatic heterocycles. The molecule has 0 spiro atoms. The lowest BCUT2D eigenvalue weighted by Gasteiger charge is -2.14. The molecule has 3 aromatic rings. The Hall–Kier alpha value is -2.47. The third-order valence-corrected chi connectivity index (χ3v) is 3.45. The number of hydrogen-bond acceptors (Lipinski definition) is 4. The standard InChI is InChI=1S/C15H18N6/c1-12(17-7-13-8-18-20(2)9-13)14-3-5-15(6-4-14)21-11-16-10-19-21/h3-6,8-12,17H,7H2,1-2H3. The second-order valence-electron chi connectivity index (χ2n) is 5.06. The summed E-state index contributed by atoms with van der Waals surface area (Å²) in [6.07, 6.45) is 7.13.